The van der Waals surface area contributed by atoms with Crippen LogP contribution in [0.3, 0.4) is 0 Å². The Labute approximate surface area is 130 Å². The second-order valence-corrected chi connectivity index (χ2v) is 6.04. The van der Waals surface area contributed by atoms with Gasteiger partial charge in [-0.2, -0.15) is 0 Å². The zero-order chi connectivity index (χ0) is 16.3. The molecule has 22 heavy (non-hydrogen) atoms. The van der Waals surface area contributed by atoms with Crippen LogP contribution in [0.1, 0.15) is 43.5 Å². The van der Waals surface area contributed by atoms with Crippen LogP contribution in [0.5, 0.6) is 0 Å². The summed E-state index contributed by atoms with van der Waals surface area (Å²) in [4.78, 5) is 27.6. The third-order valence-corrected chi connectivity index (χ3v) is 4.40. The van der Waals surface area contributed by atoms with E-state index in [9.17, 15) is 9.59 Å². The Balaban J connectivity index is 2.09. The fourth-order valence-electron chi connectivity index (χ4n) is 1.84. The van der Waals surface area contributed by atoms with Crippen molar-refractivity contribution < 1.29 is 4.42 Å². The SMILES string of the molecule is CC[C@@H](C)[C@H](N)c1nnc(SCc2c(C)[nH]c(=O)[nH]c2=O)o1. The Bertz CT molecular complexity index is 751. The maximum atomic E-state index is 11.7. The molecule has 0 spiro atoms. The van der Waals surface area contributed by atoms with Crippen molar-refractivity contribution in [3.05, 3.63) is 38.0 Å². The molecule has 2 heterocycles. The van der Waals surface area contributed by atoms with E-state index in [1.165, 1.54) is 11.8 Å². The number of thioether (sulfide) groups is 1. The zero-order valence-electron chi connectivity index (χ0n) is 12.7. The second kappa shape index (κ2) is 6.93. The van der Waals surface area contributed by atoms with Crippen molar-refractivity contribution in [2.45, 2.75) is 44.2 Å². The number of aromatic amines is 2. The Morgan fingerprint density at radius 1 is 1.32 bits per heavy atom. The van der Waals surface area contributed by atoms with Crippen LogP contribution in [0.15, 0.2) is 19.2 Å². The molecule has 0 radical (unpaired) electrons. The summed E-state index contributed by atoms with van der Waals surface area (Å²) in [7, 11) is 0. The van der Waals surface area contributed by atoms with E-state index in [-0.39, 0.29) is 12.0 Å². The molecule has 0 unspecified atom stereocenters. The first-order valence-corrected chi connectivity index (χ1v) is 7.94. The van der Waals surface area contributed by atoms with E-state index in [1.807, 2.05) is 13.8 Å². The molecule has 0 aliphatic carbocycles. The van der Waals surface area contributed by atoms with Crippen molar-refractivity contribution in [3.63, 3.8) is 0 Å². The summed E-state index contributed by atoms with van der Waals surface area (Å²) in [6.45, 7) is 5.73. The zero-order valence-corrected chi connectivity index (χ0v) is 13.5. The van der Waals surface area contributed by atoms with E-state index in [4.69, 9.17) is 10.2 Å². The highest BCUT2D eigenvalue weighted by molar-refractivity contribution is 7.98. The number of rotatable bonds is 6. The molecule has 9 heteroatoms. The molecule has 2 atom stereocenters. The lowest BCUT2D eigenvalue weighted by atomic mass is 10.0. The molecular formula is C13H19N5O3S. The highest BCUT2D eigenvalue weighted by Crippen LogP contribution is 2.25. The Kier molecular flexibility index (Phi) is 5.19. The van der Waals surface area contributed by atoms with Crippen molar-refractivity contribution in [1.29, 1.82) is 0 Å². The lowest BCUT2D eigenvalue weighted by Crippen LogP contribution is -2.26. The number of nitrogens with two attached hydrogens (primary N) is 1. The van der Waals surface area contributed by atoms with Crippen molar-refractivity contribution in [2.75, 3.05) is 0 Å². The van der Waals surface area contributed by atoms with E-state index in [1.54, 1.807) is 6.92 Å². The minimum atomic E-state index is -0.518. The smallest absolute Gasteiger partial charge is 0.325 e. The van der Waals surface area contributed by atoms with Gasteiger partial charge in [0.15, 0.2) is 0 Å². The van der Waals surface area contributed by atoms with Crippen LogP contribution in [-0.4, -0.2) is 20.2 Å². The molecule has 2 rings (SSSR count). The molecule has 0 bridgehead atoms. The van der Waals surface area contributed by atoms with Gasteiger partial charge in [0.05, 0.1) is 6.04 Å². The Hall–Kier alpha value is -1.87. The number of hydrogen-bond acceptors (Lipinski definition) is 7. The predicted octanol–water partition coefficient (Wildman–Crippen LogP) is 1.09. The molecule has 0 aromatic carbocycles. The van der Waals surface area contributed by atoms with Gasteiger partial charge in [-0.15, -0.1) is 10.2 Å². The molecule has 0 amide bonds. The quantitative estimate of drug-likeness (QED) is 0.677. The molecule has 8 nitrogen and oxygen atoms in total. The summed E-state index contributed by atoms with van der Waals surface area (Å²) in [6, 6.07) is -0.301. The van der Waals surface area contributed by atoms with E-state index < -0.39 is 11.2 Å². The summed E-state index contributed by atoms with van der Waals surface area (Å²) in [6.07, 6.45) is 0.915. The minimum absolute atomic E-state index is 0.239. The van der Waals surface area contributed by atoms with Crippen LogP contribution in [0.4, 0.5) is 0 Å². The highest BCUT2D eigenvalue weighted by atomic mass is 32.2. The molecule has 0 aliphatic heterocycles. The molecule has 0 saturated carbocycles. The van der Waals surface area contributed by atoms with E-state index in [2.05, 4.69) is 20.2 Å². The van der Waals surface area contributed by atoms with Gasteiger partial charge < -0.3 is 15.1 Å². The lowest BCUT2D eigenvalue weighted by Gasteiger charge is -2.13. The highest BCUT2D eigenvalue weighted by Gasteiger charge is 2.20. The van der Waals surface area contributed by atoms with Crippen LogP contribution in [0.2, 0.25) is 0 Å². The van der Waals surface area contributed by atoms with Gasteiger partial charge in [-0.25, -0.2) is 4.79 Å². The summed E-state index contributed by atoms with van der Waals surface area (Å²) < 4.78 is 5.53. The van der Waals surface area contributed by atoms with Crippen molar-refractivity contribution in [3.8, 4) is 0 Å². The van der Waals surface area contributed by atoms with Gasteiger partial charge in [-0.1, -0.05) is 32.0 Å². The van der Waals surface area contributed by atoms with Crippen LogP contribution in [0.25, 0.3) is 0 Å². The minimum Gasteiger partial charge on any atom is -0.414 e. The van der Waals surface area contributed by atoms with Crippen LogP contribution in [-0.2, 0) is 5.75 Å². The number of H-pyrrole nitrogens is 2. The lowest BCUT2D eigenvalue weighted by molar-refractivity contribution is 0.333. The Morgan fingerprint density at radius 3 is 2.68 bits per heavy atom. The molecule has 0 fully saturated rings. The van der Waals surface area contributed by atoms with E-state index in [0.717, 1.165) is 6.42 Å². The number of aromatic nitrogens is 4. The summed E-state index contributed by atoms with van der Waals surface area (Å²) in [5.41, 5.74) is 6.10. The average molecular weight is 325 g/mol. The first-order valence-electron chi connectivity index (χ1n) is 6.96. The fourth-order valence-corrected chi connectivity index (χ4v) is 2.70. The maximum absolute atomic E-state index is 11.7. The number of nitrogens with one attached hydrogen (secondary N) is 2. The summed E-state index contributed by atoms with van der Waals surface area (Å²) in [5, 5.41) is 8.22. The maximum Gasteiger partial charge on any atom is 0.325 e. The summed E-state index contributed by atoms with van der Waals surface area (Å²) >= 11 is 1.23. The van der Waals surface area contributed by atoms with Gasteiger partial charge in [0.1, 0.15) is 0 Å². The number of aryl methyl sites for hydroxylation is 1. The molecule has 2 aromatic heterocycles. The van der Waals surface area contributed by atoms with Gasteiger partial charge in [-0.05, 0) is 12.8 Å². The molecule has 120 valence electrons. The van der Waals surface area contributed by atoms with Gasteiger partial charge in [-0.3, -0.25) is 9.78 Å². The van der Waals surface area contributed by atoms with Gasteiger partial charge in [0.2, 0.25) is 5.89 Å². The van der Waals surface area contributed by atoms with Gasteiger partial charge in [0, 0.05) is 17.0 Å². The van der Waals surface area contributed by atoms with Crippen LogP contribution < -0.4 is 17.0 Å². The molecule has 0 aliphatic rings. The molecule has 2 aromatic rings. The van der Waals surface area contributed by atoms with E-state index in [0.29, 0.717) is 28.1 Å². The second-order valence-electron chi connectivity index (χ2n) is 5.12. The van der Waals surface area contributed by atoms with Crippen molar-refractivity contribution >= 4 is 11.8 Å². The molecular weight excluding hydrogens is 306 g/mol. The predicted molar refractivity (Wildman–Crippen MR) is 82.7 cm³/mol. The summed E-state index contributed by atoms with van der Waals surface area (Å²) in [5.74, 6) is 0.949. The topological polar surface area (TPSA) is 131 Å². The average Bonchev–Trinajstić information content (AvgIpc) is 2.93. The Morgan fingerprint density at radius 2 is 2.05 bits per heavy atom. The molecule has 0 saturated heterocycles. The van der Waals surface area contributed by atoms with Crippen molar-refractivity contribution in [2.24, 2.45) is 11.7 Å². The third-order valence-electron chi connectivity index (χ3n) is 3.56. The first kappa shape index (κ1) is 16.5. The molecule has 4 N–H and O–H groups in total. The van der Waals surface area contributed by atoms with Crippen molar-refractivity contribution in [1.82, 2.24) is 20.2 Å². The third kappa shape index (κ3) is 3.66. The number of nitrogens with zero attached hydrogens (tertiary/aromatic N) is 2. The largest absolute Gasteiger partial charge is 0.414 e. The number of hydrogen-bond donors (Lipinski definition) is 3. The fraction of sp³-hybridized carbons (Fsp3) is 0.538. The first-order chi connectivity index (χ1) is 10.4. The van der Waals surface area contributed by atoms with Gasteiger partial charge in [0.25, 0.3) is 10.8 Å². The monoisotopic (exact) mass is 325 g/mol. The van der Waals surface area contributed by atoms with E-state index >= 15 is 0 Å². The van der Waals surface area contributed by atoms with Crippen LogP contribution in [0, 0.1) is 12.8 Å². The normalized spacial score (nSPS) is 14.0. The van der Waals surface area contributed by atoms with Gasteiger partial charge >= 0.3 is 5.69 Å². The standard InChI is InChI=1S/C13H19N5O3S/c1-4-6(2)9(14)11-17-18-13(21-11)22-5-8-7(3)15-12(20)16-10(8)19/h6,9H,4-5,14H2,1-3H3,(H2,15,16,19,20)/t6-,9+/m1/s1. The van der Waals surface area contributed by atoms with Crippen LogP contribution >= 0.6 is 11.8 Å².